The third-order valence-corrected chi connectivity index (χ3v) is 3.26. The van der Waals surface area contributed by atoms with Crippen molar-refractivity contribution in [1.82, 2.24) is 0 Å². The number of halogens is 2. The van der Waals surface area contributed by atoms with Crippen molar-refractivity contribution in [2.45, 2.75) is 11.8 Å². The van der Waals surface area contributed by atoms with Crippen LogP contribution >= 0.6 is 11.3 Å². The molecule has 1 saturated carbocycles. The highest BCUT2D eigenvalue weighted by molar-refractivity contribution is 7.10. The smallest absolute Gasteiger partial charge is 0.261 e. The lowest BCUT2D eigenvalue weighted by atomic mass is 10.3. The van der Waals surface area contributed by atoms with E-state index in [1.807, 2.05) is 5.38 Å². The van der Waals surface area contributed by atoms with Crippen molar-refractivity contribution in [3.8, 4) is 0 Å². The summed E-state index contributed by atoms with van der Waals surface area (Å²) in [5.74, 6) is -3.79. The number of hydrogen-bond acceptors (Lipinski definition) is 2. The van der Waals surface area contributed by atoms with Crippen molar-refractivity contribution in [3.63, 3.8) is 0 Å². The second-order valence-corrected chi connectivity index (χ2v) is 3.99. The van der Waals surface area contributed by atoms with E-state index >= 15 is 0 Å². The molecule has 0 bridgehead atoms. The summed E-state index contributed by atoms with van der Waals surface area (Å²) >= 11 is 1.38. The second kappa shape index (κ2) is 2.50. The summed E-state index contributed by atoms with van der Waals surface area (Å²) in [6, 6.07) is 3.54. The number of rotatable bonds is 2. The molecule has 0 amide bonds. The number of nitrogens with two attached hydrogens (primary N) is 1. The Morgan fingerprint density at radius 3 is 2.75 bits per heavy atom. The first-order valence-corrected chi connectivity index (χ1v) is 4.67. The van der Waals surface area contributed by atoms with E-state index in [4.69, 9.17) is 5.73 Å². The van der Waals surface area contributed by atoms with Gasteiger partial charge in [-0.1, -0.05) is 6.07 Å². The summed E-state index contributed by atoms with van der Waals surface area (Å²) in [7, 11) is 0. The van der Waals surface area contributed by atoms with Gasteiger partial charge in [-0.3, -0.25) is 0 Å². The first-order chi connectivity index (χ1) is 5.68. The van der Waals surface area contributed by atoms with Gasteiger partial charge in [0, 0.05) is 17.3 Å². The zero-order valence-corrected chi connectivity index (χ0v) is 7.15. The highest BCUT2D eigenvalue weighted by Gasteiger charge is 2.68. The first-order valence-electron chi connectivity index (χ1n) is 3.79. The average Bonchev–Trinajstić information content (AvgIpc) is 2.50. The second-order valence-electron chi connectivity index (χ2n) is 3.01. The minimum Gasteiger partial charge on any atom is -0.330 e. The van der Waals surface area contributed by atoms with Crippen LogP contribution in [0.1, 0.15) is 10.8 Å². The van der Waals surface area contributed by atoms with Crippen LogP contribution in [0.5, 0.6) is 0 Å². The standard InChI is InChI=1S/C8H9F2NS/c9-8(10)5(4-11)7(8)6-2-1-3-12-6/h1-3,5,7H,4,11H2/t5-,7-/m1/s1. The van der Waals surface area contributed by atoms with Crippen LogP contribution in [0.25, 0.3) is 0 Å². The number of hydrogen-bond donors (Lipinski definition) is 1. The molecular formula is C8H9F2NS. The Hall–Kier alpha value is -0.480. The Bertz CT molecular complexity index is 271. The SMILES string of the molecule is NC[C@@H]1[C@H](c2cccs2)C1(F)F. The molecule has 66 valence electrons. The third kappa shape index (κ3) is 0.983. The van der Waals surface area contributed by atoms with Gasteiger partial charge in [0.05, 0.1) is 5.92 Å². The predicted octanol–water partition coefficient (Wildman–Crippen LogP) is 2.06. The monoisotopic (exact) mass is 189 g/mol. The van der Waals surface area contributed by atoms with Gasteiger partial charge < -0.3 is 5.73 Å². The molecule has 2 atom stereocenters. The topological polar surface area (TPSA) is 26.0 Å². The molecule has 1 aliphatic carbocycles. The molecule has 0 aliphatic heterocycles. The summed E-state index contributed by atoms with van der Waals surface area (Å²) in [5, 5.41) is 1.82. The normalized spacial score (nSPS) is 31.9. The van der Waals surface area contributed by atoms with Crippen molar-refractivity contribution >= 4 is 11.3 Å². The van der Waals surface area contributed by atoms with Crippen molar-refractivity contribution in [3.05, 3.63) is 22.4 Å². The van der Waals surface area contributed by atoms with Gasteiger partial charge in [-0.05, 0) is 11.4 Å². The molecule has 1 aromatic rings. The molecule has 0 spiro atoms. The zero-order chi connectivity index (χ0) is 8.77. The first kappa shape index (κ1) is 8.13. The summed E-state index contributed by atoms with van der Waals surface area (Å²) in [4.78, 5) is 0.760. The van der Waals surface area contributed by atoms with Gasteiger partial charge in [0.25, 0.3) is 5.92 Å². The van der Waals surface area contributed by atoms with Gasteiger partial charge in [0.15, 0.2) is 0 Å². The summed E-state index contributed by atoms with van der Waals surface area (Å²) in [5.41, 5.74) is 5.23. The van der Waals surface area contributed by atoms with Crippen LogP contribution < -0.4 is 5.73 Å². The molecule has 2 N–H and O–H groups in total. The molecular weight excluding hydrogens is 180 g/mol. The quantitative estimate of drug-likeness (QED) is 0.757. The number of alkyl halides is 2. The summed E-state index contributed by atoms with van der Waals surface area (Å²) in [6.07, 6.45) is 0. The predicted molar refractivity (Wildman–Crippen MR) is 44.6 cm³/mol. The van der Waals surface area contributed by atoms with E-state index in [9.17, 15) is 8.78 Å². The molecule has 0 saturated heterocycles. The Balaban J connectivity index is 2.19. The Morgan fingerprint density at radius 1 is 1.58 bits per heavy atom. The molecule has 1 aromatic heterocycles. The third-order valence-electron chi connectivity index (χ3n) is 2.31. The minimum absolute atomic E-state index is 0.0789. The van der Waals surface area contributed by atoms with E-state index in [1.54, 1.807) is 12.1 Å². The van der Waals surface area contributed by atoms with Crippen LogP contribution in [-0.4, -0.2) is 12.5 Å². The maximum absolute atomic E-state index is 13.0. The average molecular weight is 189 g/mol. The highest BCUT2D eigenvalue weighted by Crippen LogP contribution is 2.61. The highest BCUT2D eigenvalue weighted by atomic mass is 32.1. The molecule has 1 heterocycles. The molecule has 0 aromatic carbocycles. The molecule has 2 rings (SSSR count). The Labute approximate surface area is 73.2 Å². The Kier molecular flexibility index (Phi) is 1.70. The van der Waals surface area contributed by atoms with E-state index in [1.165, 1.54) is 11.3 Å². The molecule has 1 nitrogen and oxygen atoms in total. The van der Waals surface area contributed by atoms with Crippen LogP contribution in [-0.2, 0) is 0 Å². The lowest BCUT2D eigenvalue weighted by Crippen LogP contribution is -2.06. The van der Waals surface area contributed by atoms with Gasteiger partial charge in [-0.15, -0.1) is 11.3 Å². The lowest BCUT2D eigenvalue weighted by molar-refractivity contribution is 0.0950. The van der Waals surface area contributed by atoms with E-state index in [0.29, 0.717) is 0 Å². The summed E-state index contributed by atoms with van der Waals surface area (Å²) < 4.78 is 25.9. The van der Waals surface area contributed by atoms with E-state index in [-0.39, 0.29) is 6.54 Å². The van der Waals surface area contributed by atoms with Gasteiger partial charge in [0.2, 0.25) is 0 Å². The van der Waals surface area contributed by atoms with Crippen LogP contribution in [0.4, 0.5) is 8.78 Å². The molecule has 4 heteroatoms. The van der Waals surface area contributed by atoms with E-state index < -0.39 is 17.8 Å². The molecule has 1 aliphatic rings. The molecule has 0 radical (unpaired) electrons. The van der Waals surface area contributed by atoms with Gasteiger partial charge in [-0.25, -0.2) is 8.78 Å². The van der Waals surface area contributed by atoms with Crippen molar-refractivity contribution in [2.75, 3.05) is 6.54 Å². The van der Waals surface area contributed by atoms with Crippen LogP contribution in [0.15, 0.2) is 17.5 Å². The molecule has 0 unspecified atom stereocenters. The Morgan fingerprint density at radius 2 is 2.33 bits per heavy atom. The largest absolute Gasteiger partial charge is 0.330 e. The van der Waals surface area contributed by atoms with Crippen LogP contribution in [0.2, 0.25) is 0 Å². The van der Waals surface area contributed by atoms with Gasteiger partial charge in [0.1, 0.15) is 0 Å². The summed E-state index contributed by atoms with van der Waals surface area (Å²) in [6.45, 7) is 0.0789. The zero-order valence-electron chi connectivity index (χ0n) is 6.34. The van der Waals surface area contributed by atoms with Gasteiger partial charge >= 0.3 is 0 Å². The van der Waals surface area contributed by atoms with E-state index in [0.717, 1.165) is 4.88 Å². The van der Waals surface area contributed by atoms with Crippen molar-refractivity contribution < 1.29 is 8.78 Å². The lowest BCUT2D eigenvalue weighted by Gasteiger charge is -1.90. The maximum atomic E-state index is 13.0. The minimum atomic E-state index is -2.56. The fourth-order valence-electron chi connectivity index (χ4n) is 1.54. The van der Waals surface area contributed by atoms with Crippen LogP contribution in [0.3, 0.4) is 0 Å². The number of thiophene rings is 1. The van der Waals surface area contributed by atoms with Crippen LogP contribution in [0, 0.1) is 5.92 Å². The van der Waals surface area contributed by atoms with Crippen molar-refractivity contribution in [1.29, 1.82) is 0 Å². The molecule has 1 fully saturated rings. The fraction of sp³-hybridized carbons (Fsp3) is 0.500. The fourth-order valence-corrected chi connectivity index (χ4v) is 2.48. The van der Waals surface area contributed by atoms with Crippen molar-refractivity contribution in [2.24, 2.45) is 11.7 Å². The maximum Gasteiger partial charge on any atom is 0.261 e. The molecule has 12 heavy (non-hydrogen) atoms. The van der Waals surface area contributed by atoms with Gasteiger partial charge in [-0.2, -0.15) is 0 Å². The van der Waals surface area contributed by atoms with E-state index in [2.05, 4.69) is 0 Å².